The van der Waals surface area contributed by atoms with Crippen molar-refractivity contribution in [1.82, 2.24) is 4.98 Å². The highest BCUT2D eigenvalue weighted by Gasteiger charge is 2.01. The summed E-state index contributed by atoms with van der Waals surface area (Å²) in [6.45, 7) is 0. The number of rotatable bonds is 0. The van der Waals surface area contributed by atoms with Crippen molar-refractivity contribution >= 4 is 37.3 Å². The predicted octanol–water partition coefficient (Wildman–Crippen LogP) is 2.96. The molecule has 0 saturated carbocycles. The van der Waals surface area contributed by atoms with Gasteiger partial charge in [0, 0.05) is 21.8 Å². The van der Waals surface area contributed by atoms with Gasteiger partial charge in [-0.05, 0) is 29.7 Å². The fraction of sp³-hybridized carbons (Fsp3) is 0. The van der Waals surface area contributed by atoms with E-state index in [0.29, 0.717) is 0 Å². The molecule has 1 aromatic carbocycles. The molecule has 13 heavy (non-hydrogen) atoms. The maximum absolute atomic E-state index is 5.73. The van der Waals surface area contributed by atoms with Crippen LogP contribution in [0.3, 0.4) is 0 Å². The first-order valence-electron chi connectivity index (χ1n) is 4.09. The van der Waals surface area contributed by atoms with Crippen molar-refractivity contribution in [2.75, 3.05) is 5.73 Å². The molecule has 64 valence electrons. The van der Waals surface area contributed by atoms with Gasteiger partial charge in [-0.15, -0.1) is 11.3 Å². The molecule has 0 radical (unpaired) electrons. The summed E-state index contributed by atoms with van der Waals surface area (Å²) in [7, 11) is 0. The Balaban J connectivity index is 2.54. The average molecular weight is 188 g/mol. The van der Waals surface area contributed by atoms with E-state index in [-0.39, 0.29) is 0 Å². The van der Waals surface area contributed by atoms with Crippen molar-refractivity contribution in [3.8, 4) is 0 Å². The molecule has 2 nitrogen and oxygen atoms in total. The molecule has 0 fully saturated rings. The van der Waals surface area contributed by atoms with Crippen LogP contribution in [0.4, 0.5) is 5.00 Å². The molecule has 3 rings (SSSR count). The zero-order valence-electron chi connectivity index (χ0n) is 6.87. The van der Waals surface area contributed by atoms with E-state index in [1.807, 2.05) is 12.3 Å². The van der Waals surface area contributed by atoms with Gasteiger partial charge in [0.15, 0.2) is 0 Å². The monoisotopic (exact) mass is 188 g/mol. The maximum atomic E-state index is 5.73. The first-order chi connectivity index (χ1) is 6.33. The van der Waals surface area contributed by atoms with Crippen LogP contribution in [0.15, 0.2) is 30.5 Å². The topological polar surface area (TPSA) is 41.8 Å². The van der Waals surface area contributed by atoms with E-state index in [1.165, 1.54) is 21.0 Å². The zero-order valence-corrected chi connectivity index (χ0v) is 7.69. The lowest BCUT2D eigenvalue weighted by Gasteiger charge is -1.89. The Morgan fingerprint density at radius 3 is 3.00 bits per heavy atom. The van der Waals surface area contributed by atoms with Gasteiger partial charge in [0.1, 0.15) is 0 Å². The van der Waals surface area contributed by atoms with Crippen LogP contribution in [0.5, 0.6) is 0 Å². The third-order valence-corrected chi connectivity index (χ3v) is 3.14. The van der Waals surface area contributed by atoms with Crippen molar-refractivity contribution in [1.29, 1.82) is 0 Å². The van der Waals surface area contributed by atoms with Crippen LogP contribution < -0.4 is 5.73 Å². The summed E-state index contributed by atoms with van der Waals surface area (Å²) in [5.74, 6) is 0. The van der Waals surface area contributed by atoms with Crippen LogP contribution >= 0.6 is 11.3 Å². The van der Waals surface area contributed by atoms with Gasteiger partial charge in [-0.1, -0.05) is 0 Å². The molecule has 2 heterocycles. The van der Waals surface area contributed by atoms with Gasteiger partial charge in [0.05, 0.1) is 5.00 Å². The van der Waals surface area contributed by atoms with Gasteiger partial charge in [-0.3, -0.25) is 0 Å². The molecule has 0 saturated heterocycles. The molecule has 0 atom stereocenters. The first kappa shape index (κ1) is 6.97. The van der Waals surface area contributed by atoms with Crippen LogP contribution in [-0.2, 0) is 0 Å². The second-order valence-electron chi connectivity index (χ2n) is 3.10. The van der Waals surface area contributed by atoms with Gasteiger partial charge in [0.25, 0.3) is 0 Å². The Morgan fingerprint density at radius 2 is 2.08 bits per heavy atom. The number of aromatic amines is 1. The standard InChI is InChI=1S/C10H8N2S/c11-10-5-7-3-8-6(1-2-12-8)4-9(7)13-10/h1-5,12H,11H2. The molecular weight excluding hydrogens is 180 g/mol. The molecule has 2 aromatic heterocycles. The third kappa shape index (κ3) is 0.939. The molecule has 3 N–H and O–H groups in total. The minimum atomic E-state index is 0.877. The number of nitrogens with one attached hydrogen (secondary N) is 1. The van der Waals surface area contributed by atoms with Crippen LogP contribution in [0.25, 0.3) is 21.0 Å². The number of nitrogen functional groups attached to an aromatic ring is 1. The highest BCUT2D eigenvalue weighted by Crippen LogP contribution is 2.30. The van der Waals surface area contributed by atoms with E-state index >= 15 is 0 Å². The number of H-pyrrole nitrogens is 1. The Bertz CT molecular complexity index is 529. The van der Waals surface area contributed by atoms with Gasteiger partial charge >= 0.3 is 0 Å². The van der Waals surface area contributed by atoms with Crippen molar-refractivity contribution in [3.63, 3.8) is 0 Å². The Morgan fingerprint density at radius 1 is 1.15 bits per heavy atom. The van der Waals surface area contributed by atoms with Crippen LogP contribution in [0, 0.1) is 0 Å². The number of hydrogen-bond acceptors (Lipinski definition) is 2. The Hall–Kier alpha value is -1.48. The molecule has 0 aliphatic carbocycles. The summed E-state index contributed by atoms with van der Waals surface area (Å²) < 4.78 is 1.25. The van der Waals surface area contributed by atoms with E-state index in [4.69, 9.17) is 5.73 Å². The lowest BCUT2D eigenvalue weighted by Crippen LogP contribution is -1.72. The van der Waals surface area contributed by atoms with Crippen molar-refractivity contribution in [2.45, 2.75) is 0 Å². The van der Waals surface area contributed by atoms with Gasteiger partial charge in [0.2, 0.25) is 0 Å². The van der Waals surface area contributed by atoms with E-state index < -0.39 is 0 Å². The molecule has 0 amide bonds. The maximum Gasteiger partial charge on any atom is 0.0868 e. The van der Waals surface area contributed by atoms with Gasteiger partial charge < -0.3 is 10.7 Å². The minimum absolute atomic E-state index is 0.877. The largest absolute Gasteiger partial charge is 0.391 e. The second-order valence-corrected chi connectivity index (χ2v) is 4.22. The van der Waals surface area contributed by atoms with E-state index in [0.717, 1.165) is 5.00 Å². The summed E-state index contributed by atoms with van der Waals surface area (Å²) in [4.78, 5) is 3.18. The third-order valence-electron chi connectivity index (χ3n) is 2.21. The minimum Gasteiger partial charge on any atom is -0.391 e. The number of fused-ring (bicyclic) bond motifs is 2. The molecule has 3 aromatic rings. The highest BCUT2D eigenvalue weighted by molar-refractivity contribution is 7.22. The fourth-order valence-corrected chi connectivity index (χ4v) is 2.47. The molecular formula is C10H8N2S. The van der Waals surface area contributed by atoms with E-state index in [1.54, 1.807) is 11.3 Å². The molecule has 0 aliphatic rings. The number of thiophene rings is 1. The zero-order chi connectivity index (χ0) is 8.84. The summed E-state index contributed by atoms with van der Waals surface area (Å²) in [6.07, 6.45) is 1.96. The van der Waals surface area contributed by atoms with Gasteiger partial charge in [-0.25, -0.2) is 0 Å². The molecule has 0 bridgehead atoms. The number of benzene rings is 1. The Labute approximate surface area is 79.0 Å². The fourth-order valence-electron chi connectivity index (χ4n) is 1.61. The predicted molar refractivity (Wildman–Crippen MR) is 58.1 cm³/mol. The van der Waals surface area contributed by atoms with E-state index in [2.05, 4.69) is 23.2 Å². The molecule has 0 aliphatic heterocycles. The first-order valence-corrected chi connectivity index (χ1v) is 4.91. The average Bonchev–Trinajstić information content (AvgIpc) is 2.63. The number of anilines is 1. The summed E-state index contributed by atoms with van der Waals surface area (Å²) in [6, 6.07) is 8.39. The Kier molecular flexibility index (Phi) is 1.21. The second kappa shape index (κ2) is 2.26. The van der Waals surface area contributed by atoms with Crippen LogP contribution in [-0.4, -0.2) is 4.98 Å². The van der Waals surface area contributed by atoms with Gasteiger partial charge in [-0.2, -0.15) is 0 Å². The van der Waals surface area contributed by atoms with Crippen molar-refractivity contribution in [3.05, 3.63) is 30.5 Å². The van der Waals surface area contributed by atoms with Crippen molar-refractivity contribution in [2.24, 2.45) is 0 Å². The number of hydrogen-bond donors (Lipinski definition) is 2. The summed E-state index contributed by atoms with van der Waals surface area (Å²) in [5, 5.41) is 3.34. The lowest BCUT2D eigenvalue weighted by molar-refractivity contribution is 1.48. The van der Waals surface area contributed by atoms with Crippen LogP contribution in [0.2, 0.25) is 0 Å². The molecule has 0 unspecified atom stereocenters. The number of aromatic nitrogens is 1. The van der Waals surface area contributed by atoms with E-state index in [9.17, 15) is 0 Å². The lowest BCUT2D eigenvalue weighted by atomic mass is 10.2. The summed E-state index contributed by atoms with van der Waals surface area (Å²) >= 11 is 1.63. The normalized spacial score (nSPS) is 11.4. The quantitative estimate of drug-likeness (QED) is 0.559. The number of nitrogens with two attached hydrogens (primary N) is 1. The van der Waals surface area contributed by atoms with Crippen LogP contribution in [0.1, 0.15) is 0 Å². The smallest absolute Gasteiger partial charge is 0.0868 e. The molecule has 3 heteroatoms. The summed E-state index contributed by atoms with van der Waals surface area (Å²) in [5.41, 5.74) is 6.90. The highest BCUT2D eigenvalue weighted by atomic mass is 32.1. The van der Waals surface area contributed by atoms with Crippen molar-refractivity contribution < 1.29 is 0 Å². The molecule has 0 spiro atoms. The SMILES string of the molecule is Nc1cc2cc3[nH]ccc3cc2s1.